The number of hydrogen-bond acceptors (Lipinski definition) is 8. The number of anilines is 1. The maximum atomic E-state index is 9.62. The highest BCUT2D eigenvalue weighted by molar-refractivity contribution is 6.44. The molecule has 0 radical (unpaired) electrons. The maximum absolute atomic E-state index is 9.62. The fourth-order valence-electron chi connectivity index (χ4n) is 7.90. The van der Waals surface area contributed by atoms with Crippen LogP contribution >= 0.6 is 0 Å². The first-order valence-electron chi connectivity index (χ1n) is 14.7. The van der Waals surface area contributed by atoms with Gasteiger partial charge in [0.05, 0.1) is 37.6 Å². The summed E-state index contributed by atoms with van der Waals surface area (Å²) in [6.45, 7) is 7.77. The normalized spacial score (nSPS) is 25.5. The Morgan fingerprint density at radius 3 is 2.48 bits per heavy atom. The SMILES string of the molecule is BC1(B)CC(c2cc3c(cnn3-c3cc(N4CCO[C@@H](CO)C4)nc(C)n3)cc2C)CC(B)(B)N1[C@H]1CCOC1. The third-order valence-corrected chi connectivity index (χ3v) is 9.16. The van der Waals surface area contributed by atoms with E-state index in [0.717, 1.165) is 61.6 Å². The number of aromatic nitrogens is 4. The molecule has 1 aromatic carbocycles. The van der Waals surface area contributed by atoms with E-state index in [2.05, 4.69) is 60.2 Å². The van der Waals surface area contributed by atoms with Crippen LogP contribution in [0.5, 0.6) is 0 Å². The molecule has 0 unspecified atom stereocenters. The van der Waals surface area contributed by atoms with Crippen molar-refractivity contribution in [2.75, 3.05) is 44.4 Å². The minimum Gasteiger partial charge on any atom is -0.394 e. The highest BCUT2D eigenvalue weighted by Crippen LogP contribution is 2.45. The lowest BCUT2D eigenvalue weighted by Crippen LogP contribution is -2.70. The predicted molar refractivity (Wildman–Crippen MR) is 168 cm³/mol. The number of benzene rings is 1. The number of hydrogen-bond donors (Lipinski definition) is 1. The van der Waals surface area contributed by atoms with Crippen LogP contribution in [0.3, 0.4) is 0 Å². The molecule has 3 aromatic rings. The average molecular weight is 540 g/mol. The van der Waals surface area contributed by atoms with E-state index < -0.39 is 0 Å². The van der Waals surface area contributed by atoms with Crippen molar-refractivity contribution >= 4 is 48.1 Å². The van der Waals surface area contributed by atoms with Crippen LogP contribution in [-0.4, -0.2) is 123 Å². The molecule has 3 aliphatic rings. The zero-order valence-electron chi connectivity index (χ0n) is 24.9. The second-order valence-electron chi connectivity index (χ2n) is 13.2. The molecule has 3 saturated heterocycles. The van der Waals surface area contributed by atoms with Crippen LogP contribution < -0.4 is 4.90 Å². The summed E-state index contributed by atoms with van der Waals surface area (Å²) in [4.78, 5) is 14.4. The highest BCUT2D eigenvalue weighted by Gasteiger charge is 2.48. The zero-order valence-corrected chi connectivity index (χ0v) is 24.9. The highest BCUT2D eigenvalue weighted by atomic mass is 16.5. The molecule has 9 nitrogen and oxygen atoms in total. The van der Waals surface area contributed by atoms with Gasteiger partial charge in [-0.2, -0.15) is 5.10 Å². The van der Waals surface area contributed by atoms with E-state index in [-0.39, 0.29) is 23.4 Å². The Labute approximate surface area is 240 Å². The molecule has 2 aromatic heterocycles. The summed E-state index contributed by atoms with van der Waals surface area (Å²) in [5.74, 6) is 2.74. The quantitative estimate of drug-likeness (QED) is 0.390. The van der Waals surface area contributed by atoms with E-state index in [4.69, 9.17) is 24.5 Å². The van der Waals surface area contributed by atoms with E-state index >= 15 is 0 Å². The molecule has 0 aliphatic carbocycles. The largest absolute Gasteiger partial charge is 0.394 e. The van der Waals surface area contributed by atoms with Gasteiger partial charge in [-0.15, -0.1) is 0 Å². The summed E-state index contributed by atoms with van der Waals surface area (Å²) >= 11 is 0. The summed E-state index contributed by atoms with van der Waals surface area (Å²) in [6, 6.07) is 7.14. The van der Waals surface area contributed by atoms with Crippen molar-refractivity contribution in [1.82, 2.24) is 24.6 Å². The fraction of sp³-hybridized carbons (Fsp3) is 0.593. The minimum atomic E-state index is -0.204. The molecule has 1 N–H and O–H groups in total. The Kier molecular flexibility index (Phi) is 7.30. The van der Waals surface area contributed by atoms with Gasteiger partial charge in [0.2, 0.25) is 0 Å². The molecular weight excluding hydrogens is 500 g/mol. The van der Waals surface area contributed by atoms with Gasteiger partial charge in [-0.25, -0.2) is 14.6 Å². The number of aryl methyl sites for hydroxylation is 2. The second kappa shape index (κ2) is 10.5. The van der Waals surface area contributed by atoms with E-state index in [9.17, 15) is 5.11 Å². The van der Waals surface area contributed by atoms with Gasteiger partial charge in [-0.05, 0) is 73.0 Å². The fourth-order valence-corrected chi connectivity index (χ4v) is 7.90. The number of aliphatic hydroxyl groups excluding tert-OH is 1. The van der Waals surface area contributed by atoms with E-state index in [0.29, 0.717) is 30.9 Å². The van der Waals surface area contributed by atoms with E-state index in [1.165, 1.54) is 11.1 Å². The molecule has 13 heteroatoms. The van der Waals surface area contributed by atoms with Crippen molar-refractivity contribution in [1.29, 1.82) is 0 Å². The lowest BCUT2D eigenvalue weighted by Gasteiger charge is -2.59. The van der Waals surface area contributed by atoms with Crippen LogP contribution in [0.25, 0.3) is 16.7 Å². The van der Waals surface area contributed by atoms with E-state index in [1.54, 1.807) is 0 Å². The Morgan fingerprint density at radius 2 is 1.77 bits per heavy atom. The summed E-state index contributed by atoms with van der Waals surface area (Å²) in [5.41, 5.74) is 3.80. The lowest BCUT2D eigenvalue weighted by atomic mass is 9.44. The lowest BCUT2D eigenvalue weighted by molar-refractivity contribution is 0.00335. The van der Waals surface area contributed by atoms with Crippen molar-refractivity contribution < 1.29 is 14.6 Å². The molecule has 3 fully saturated rings. The predicted octanol–water partition coefficient (Wildman–Crippen LogP) is -1.56. The van der Waals surface area contributed by atoms with Gasteiger partial charge < -0.3 is 24.4 Å². The molecule has 0 spiro atoms. The number of likely N-dealkylation sites (tertiary alicyclic amines) is 1. The number of morpholine rings is 1. The molecule has 0 amide bonds. The summed E-state index contributed by atoms with van der Waals surface area (Å²) in [6.07, 6.45) is 5.06. The molecule has 40 heavy (non-hydrogen) atoms. The Balaban J connectivity index is 1.35. The number of piperidine rings is 1. The van der Waals surface area contributed by atoms with Crippen molar-refractivity contribution in [3.63, 3.8) is 0 Å². The van der Waals surface area contributed by atoms with Crippen molar-refractivity contribution in [2.45, 2.75) is 61.8 Å². The molecule has 0 saturated carbocycles. The van der Waals surface area contributed by atoms with Gasteiger partial charge in [0, 0.05) is 37.2 Å². The topological polar surface area (TPSA) is 88.8 Å². The standard InChI is InChI=1S/C27H40B4N6O3/c1-16-7-18-12-32-36(25-9-24(33-17(2)34-25)35-4-6-40-21(13-35)14-38)23(18)8-22(16)19-10-26(28,29)37(27(30,31)11-19)20-3-5-39-15-20/h7-9,12,19-21,38H,3-6,10-11,13-15,28-31H2,1-2H3/t20-,21+/m0/s1. The molecule has 0 bridgehead atoms. The zero-order chi connectivity index (χ0) is 28.2. The summed E-state index contributed by atoms with van der Waals surface area (Å²) < 4.78 is 13.4. The van der Waals surface area contributed by atoms with Gasteiger partial charge in [-0.3, -0.25) is 0 Å². The van der Waals surface area contributed by atoms with Gasteiger partial charge in [0.15, 0.2) is 5.82 Å². The molecule has 5 heterocycles. The maximum Gasteiger partial charge on any atom is 0.159 e. The van der Waals surface area contributed by atoms with E-state index in [1.807, 2.05) is 23.9 Å². The van der Waals surface area contributed by atoms with Crippen LogP contribution in [0, 0.1) is 13.8 Å². The van der Waals surface area contributed by atoms with Gasteiger partial charge >= 0.3 is 0 Å². The van der Waals surface area contributed by atoms with Crippen LogP contribution in [0.1, 0.15) is 42.1 Å². The molecule has 2 atom stereocenters. The van der Waals surface area contributed by atoms with Crippen LogP contribution in [-0.2, 0) is 9.47 Å². The Bertz CT molecular complexity index is 1380. The number of ether oxygens (including phenoxy) is 2. The monoisotopic (exact) mass is 540 g/mol. The first-order chi connectivity index (χ1) is 19.1. The molecule has 6 rings (SSSR count). The van der Waals surface area contributed by atoms with Gasteiger partial charge in [-0.1, -0.05) is 0 Å². The smallest absolute Gasteiger partial charge is 0.159 e. The second-order valence-corrected chi connectivity index (χ2v) is 13.2. The first-order valence-corrected chi connectivity index (χ1v) is 14.7. The molecular formula is C27H40B4N6O3. The number of nitrogens with zero attached hydrogens (tertiary/aromatic N) is 6. The minimum absolute atomic E-state index is 0.000314. The summed E-state index contributed by atoms with van der Waals surface area (Å²) in [7, 11) is 9.65. The van der Waals surface area contributed by atoms with Gasteiger partial charge in [0.25, 0.3) is 0 Å². The van der Waals surface area contributed by atoms with Gasteiger partial charge in [0.1, 0.15) is 43.0 Å². The molecule has 208 valence electrons. The number of rotatable bonds is 5. The number of fused-ring (bicyclic) bond motifs is 1. The van der Waals surface area contributed by atoms with Crippen molar-refractivity contribution in [3.05, 3.63) is 41.3 Å². The van der Waals surface area contributed by atoms with Crippen molar-refractivity contribution in [3.8, 4) is 5.82 Å². The first kappa shape index (κ1) is 27.8. The third-order valence-electron chi connectivity index (χ3n) is 9.16. The van der Waals surface area contributed by atoms with Crippen LogP contribution in [0.2, 0.25) is 0 Å². The molecule has 3 aliphatic heterocycles. The number of aliphatic hydroxyl groups is 1. The van der Waals surface area contributed by atoms with Crippen LogP contribution in [0.15, 0.2) is 24.4 Å². The average Bonchev–Trinajstić information content (AvgIpc) is 3.56. The Morgan fingerprint density at radius 1 is 1.02 bits per heavy atom. The third kappa shape index (κ3) is 5.10. The van der Waals surface area contributed by atoms with Crippen molar-refractivity contribution in [2.24, 2.45) is 0 Å². The summed E-state index contributed by atoms with van der Waals surface area (Å²) in [5, 5.41) is 15.7. The van der Waals surface area contributed by atoms with Crippen LogP contribution in [0.4, 0.5) is 5.82 Å². The Hall–Kier alpha value is -2.33.